The number of aromatic nitrogens is 5. The van der Waals surface area contributed by atoms with Crippen LogP contribution >= 0.6 is 11.8 Å². The molecular formula is C23H25F4N7O3S2. The number of nitrogens with two attached hydrogens (primary N) is 1. The van der Waals surface area contributed by atoms with Crippen LogP contribution in [0.5, 0.6) is 0 Å². The van der Waals surface area contributed by atoms with Gasteiger partial charge in [0.2, 0.25) is 15.9 Å². The van der Waals surface area contributed by atoms with Gasteiger partial charge >= 0.3 is 6.18 Å². The highest BCUT2D eigenvalue weighted by molar-refractivity contribution is 7.99. The number of carbonyl (C=O) groups excluding carboxylic acids is 1. The molecule has 1 aliphatic rings. The van der Waals surface area contributed by atoms with Crippen molar-refractivity contribution >= 4 is 27.7 Å². The zero-order valence-electron chi connectivity index (χ0n) is 20.7. The Balaban J connectivity index is 1.35. The van der Waals surface area contributed by atoms with Crippen molar-refractivity contribution in [3.63, 3.8) is 0 Å². The Morgan fingerprint density at radius 1 is 1.18 bits per heavy atom. The molecule has 2 aromatic heterocycles. The third-order valence-electron chi connectivity index (χ3n) is 6.19. The molecule has 0 unspecified atom stereocenters. The van der Waals surface area contributed by atoms with Crippen molar-refractivity contribution in [1.82, 2.24) is 30.1 Å². The molecule has 0 radical (unpaired) electrons. The van der Waals surface area contributed by atoms with E-state index in [1.165, 1.54) is 22.6 Å². The number of benzene rings is 1. The van der Waals surface area contributed by atoms with E-state index in [1.54, 1.807) is 11.8 Å². The Kier molecular flexibility index (Phi) is 8.56. The van der Waals surface area contributed by atoms with Gasteiger partial charge in [0.1, 0.15) is 9.92 Å². The monoisotopic (exact) mass is 587 g/mol. The number of primary sulfonamides is 1. The van der Waals surface area contributed by atoms with Gasteiger partial charge in [-0.15, -0.1) is 10.2 Å². The SMILES string of the molecule is Cc1nnn(Cc2cc(C(F)(F)F)ccc2CCC(=O)N2CCC(Sc3ncc(S(N)(=O)=O)cc3F)CC2)n1. The molecule has 1 amide bonds. The van der Waals surface area contributed by atoms with E-state index < -0.39 is 32.5 Å². The van der Waals surface area contributed by atoms with Crippen molar-refractivity contribution in [1.29, 1.82) is 0 Å². The smallest absolute Gasteiger partial charge is 0.343 e. The summed E-state index contributed by atoms with van der Waals surface area (Å²) in [5.74, 6) is -0.534. The molecule has 0 saturated carbocycles. The van der Waals surface area contributed by atoms with Gasteiger partial charge < -0.3 is 4.90 Å². The van der Waals surface area contributed by atoms with Crippen LogP contribution in [0, 0.1) is 12.7 Å². The summed E-state index contributed by atoms with van der Waals surface area (Å²) in [6.45, 7) is 2.46. The predicted octanol–water partition coefficient (Wildman–Crippen LogP) is 2.95. The third-order valence-corrected chi connectivity index (χ3v) is 8.40. The van der Waals surface area contributed by atoms with Gasteiger partial charge in [-0.05, 0) is 60.7 Å². The number of hydrogen-bond donors (Lipinski definition) is 1. The van der Waals surface area contributed by atoms with Crippen molar-refractivity contribution in [2.45, 2.75) is 60.5 Å². The van der Waals surface area contributed by atoms with E-state index in [4.69, 9.17) is 5.14 Å². The minimum Gasteiger partial charge on any atom is -0.343 e. The van der Waals surface area contributed by atoms with E-state index in [1.807, 2.05) is 0 Å². The number of likely N-dealkylation sites (tertiary alicyclic amines) is 1. The van der Waals surface area contributed by atoms with Gasteiger partial charge in [0.05, 0.1) is 12.1 Å². The van der Waals surface area contributed by atoms with E-state index in [2.05, 4.69) is 20.4 Å². The molecule has 1 aliphatic heterocycles. The number of piperidine rings is 1. The van der Waals surface area contributed by atoms with E-state index in [9.17, 15) is 30.8 Å². The van der Waals surface area contributed by atoms with Gasteiger partial charge in [0, 0.05) is 31.0 Å². The molecule has 39 heavy (non-hydrogen) atoms. The molecule has 10 nitrogen and oxygen atoms in total. The molecule has 3 heterocycles. The normalized spacial score (nSPS) is 15.1. The zero-order chi connectivity index (χ0) is 28.4. The number of tetrazole rings is 1. The highest BCUT2D eigenvalue weighted by Crippen LogP contribution is 2.33. The first-order chi connectivity index (χ1) is 18.3. The number of amides is 1. The fourth-order valence-corrected chi connectivity index (χ4v) is 5.68. The minimum absolute atomic E-state index is 0.0142. The lowest BCUT2D eigenvalue weighted by Gasteiger charge is -2.31. The highest BCUT2D eigenvalue weighted by Gasteiger charge is 2.31. The molecule has 210 valence electrons. The first-order valence-electron chi connectivity index (χ1n) is 11.9. The highest BCUT2D eigenvalue weighted by atomic mass is 32.2. The van der Waals surface area contributed by atoms with Gasteiger partial charge in [-0.1, -0.05) is 17.8 Å². The molecule has 0 spiro atoms. The van der Waals surface area contributed by atoms with Crippen molar-refractivity contribution < 1.29 is 30.8 Å². The molecule has 2 N–H and O–H groups in total. The van der Waals surface area contributed by atoms with Crippen LogP contribution in [-0.4, -0.2) is 62.8 Å². The number of alkyl halides is 3. The van der Waals surface area contributed by atoms with Gasteiger partial charge in [-0.2, -0.15) is 18.0 Å². The lowest BCUT2D eigenvalue weighted by Crippen LogP contribution is -2.39. The van der Waals surface area contributed by atoms with Crippen LogP contribution < -0.4 is 5.14 Å². The number of sulfonamides is 1. The molecule has 1 aromatic carbocycles. The summed E-state index contributed by atoms with van der Waals surface area (Å²) in [6, 6.07) is 4.25. The molecule has 3 aromatic rings. The third kappa shape index (κ3) is 7.51. The van der Waals surface area contributed by atoms with Crippen LogP contribution in [0.4, 0.5) is 17.6 Å². The number of pyridine rings is 1. The molecule has 0 bridgehead atoms. The number of nitrogens with zero attached hydrogens (tertiary/aromatic N) is 6. The second-order valence-electron chi connectivity index (χ2n) is 9.05. The van der Waals surface area contributed by atoms with Crippen molar-refractivity contribution in [3.8, 4) is 0 Å². The first-order valence-corrected chi connectivity index (χ1v) is 14.3. The second-order valence-corrected chi connectivity index (χ2v) is 11.9. The average molecular weight is 588 g/mol. The molecule has 1 saturated heterocycles. The van der Waals surface area contributed by atoms with Crippen LogP contribution in [0.15, 0.2) is 40.4 Å². The quantitative estimate of drug-likeness (QED) is 0.397. The fraction of sp³-hybridized carbons (Fsp3) is 0.435. The summed E-state index contributed by atoms with van der Waals surface area (Å²) in [4.78, 5) is 19.2. The molecule has 1 fully saturated rings. The maximum atomic E-state index is 14.3. The maximum absolute atomic E-state index is 14.3. The number of hydrogen-bond acceptors (Lipinski definition) is 8. The van der Waals surface area contributed by atoms with E-state index in [0.29, 0.717) is 42.9 Å². The van der Waals surface area contributed by atoms with Crippen LogP contribution in [-0.2, 0) is 34.0 Å². The number of rotatable bonds is 8. The fourth-order valence-electron chi connectivity index (χ4n) is 4.17. The number of carbonyl (C=O) groups is 1. The van der Waals surface area contributed by atoms with Crippen LogP contribution in [0.1, 0.15) is 41.8 Å². The molecule has 0 atom stereocenters. The van der Waals surface area contributed by atoms with Crippen molar-refractivity contribution in [2.24, 2.45) is 5.14 Å². The number of thioether (sulfide) groups is 1. The maximum Gasteiger partial charge on any atom is 0.416 e. The number of aryl methyl sites for hydroxylation is 2. The van der Waals surface area contributed by atoms with Gasteiger partial charge in [-0.25, -0.2) is 22.9 Å². The van der Waals surface area contributed by atoms with Crippen molar-refractivity contribution in [3.05, 3.63) is 58.8 Å². The average Bonchev–Trinajstić information content (AvgIpc) is 3.27. The van der Waals surface area contributed by atoms with Crippen LogP contribution in [0.25, 0.3) is 0 Å². The predicted molar refractivity (Wildman–Crippen MR) is 132 cm³/mol. The Morgan fingerprint density at radius 2 is 1.90 bits per heavy atom. The van der Waals surface area contributed by atoms with Crippen LogP contribution in [0.2, 0.25) is 0 Å². The topological polar surface area (TPSA) is 137 Å². The lowest BCUT2D eigenvalue weighted by atomic mass is 9.99. The minimum atomic E-state index is -4.51. The summed E-state index contributed by atoms with van der Waals surface area (Å²) in [7, 11) is -4.06. The van der Waals surface area contributed by atoms with Gasteiger partial charge in [0.15, 0.2) is 11.6 Å². The van der Waals surface area contributed by atoms with Gasteiger partial charge in [0.25, 0.3) is 0 Å². The summed E-state index contributed by atoms with van der Waals surface area (Å²) < 4.78 is 76.9. The summed E-state index contributed by atoms with van der Waals surface area (Å²) in [5.41, 5.74) is 0.142. The molecule has 16 heteroatoms. The van der Waals surface area contributed by atoms with Crippen molar-refractivity contribution in [2.75, 3.05) is 13.1 Å². The zero-order valence-corrected chi connectivity index (χ0v) is 22.4. The summed E-state index contributed by atoms with van der Waals surface area (Å²) in [5, 5.41) is 16.6. The standard InChI is InChI=1S/C23H25F4N7O3S2/c1-14-30-32-34(31-14)13-16-10-17(23(25,26)27)4-2-15(16)3-5-21(35)33-8-6-18(7-9-33)38-22-20(24)11-19(12-29-22)39(28,36)37/h2,4,10-12,18H,3,5-9,13H2,1H3,(H2,28,36,37). The summed E-state index contributed by atoms with van der Waals surface area (Å²) in [6.07, 6.45) is -2.03. The molecule has 4 rings (SSSR count). The largest absolute Gasteiger partial charge is 0.416 e. The van der Waals surface area contributed by atoms with Crippen LogP contribution in [0.3, 0.4) is 0 Å². The number of halogens is 4. The Morgan fingerprint density at radius 3 is 2.49 bits per heavy atom. The molecular weight excluding hydrogens is 562 g/mol. The summed E-state index contributed by atoms with van der Waals surface area (Å²) >= 11 is 1.17. The van der Waals surface area contributed by atoms with E-state index in [0.717, 1.165) is 24.4 Å². The van der Waals surface area contributed by atoms with E-state index in [-0.39, 0.29) is 35.6 Å². The first kappa shape index (κ1) is 28.9. The Hall–Kier alpha value is -3.11. The van der Waals surface area contributed by atoms with E-state index >= 15 is 0 Å². The Labute approximate surface area is 226 Å². The Bertz CT molecular complexity index is 1460. The second kappa shape index (κ2) is 11.6. The molecule has 0 aliphatic carbocycles. The lowest BCUT2D eigenvalue weighted by molar-refractivity contribution is -0.137. The van der Waals surface area contributed by atoms with Gasteiger partial charge in [-0.3, -0.25) is 4.79 Å².